The van der Waals surface area contributed by atoms with Crippen LogP contribution in [0.25, 0.3) is 21.3 Å². The minimum absolute atomic E-state index is 0.0446. The fourth-order valence-electron chi connectivity index (χ4n) is 2.49. The number of benzene rings is 1. The molecule has 2 aromatic heterocycles. The van der Waals surface area contributed by atoms with Crippen LogP contribution in [0.2, 0.25) is 0 Å². The Hall–Kier alpha value is -2.03. The molecular formula is C17H19N3O3S2. The first-order chi connectivity index (χ1) is 12.0. The van der Waals surface area contributed by atoms with Gasteiger partial charge in [0.25, 0.3) is 0 Å². The number of nitrogens with one attached hydrogen (secondary N) is 1. The first-order valence-corrected chi connectivity index (χ1v) is 10.7. The quantitative estimate of drug-likeness (QED) is 0.682. The molecule has 0 bridgehead atoms. The maximum absolute atomic E-state index is 11.4. The summed E-state index contributed by atoms with van der Waals surface area (Å²) in [5, 5.41) is 6.12. The van der Waals surface area contributed by atoms with Gasteiger partial charge in [0.2, 0.25) is 0 Å². The summed E-state index contributed by atoms with van der Waals surface area (Å²) in [6.45, 7) is 0.594. The first kappa shape index (κ1) is 17.8. The van der Waals surface area contributed by atoms with Crippen LogP contribution in [0, 0.1) is 0 Å². The van der Waals surface area contributed by atoms with Gasteiger partial charge in [0.05, 0.1) is 11.1 Å². The van der Waals surface area contributed by atoms with Gasteiger partial charge in [-0.05, 0) is 5.56 Å². The van der Waals surface area contributed by atoms with E-state index in [-0.39, 0.29) is 5.75 Å². The highest BCUT2D eigenvalue weighted by atomic mass is 32.2. The van der Waals surface area contributed by atoms with Crippen molar-refractivity contribution in [1.82, 2.24) is 9.97 Å². The summed E-state index contributed by atoms with van der Waals surface area (Å²) in [6, 6.07) is 10.00. The third-order valence-electron chi connectivity index (χ3n) is 3.60. The molecule has 8 heteroatoms. The van der Waals surface area contributed by atoms with Gasteiger partial charge in [-0.2, -0.15) is 0 Å². The van der Waals surface area contributed by atoms with Crippen molar-refractivity contribution < 1.29 is 13.2 Å². The van der Waals surface area contributed by atoms with E-state index in [2.05, 4.69) is 15.3 Å². The lowest BCUT2D eigenvalue weighted by molar-refractivity contribution is 0.178. The average molecular weight is 377 g/mol. The number of nitrogens with zero attached hydrogens (tertiary/aromatic N) is 2. The van der Waals surface area contributed by atoms with Crippen LogP contribution in [0.4, 0.5) is 5.82 Å². The number of fused-ring (bicyclic) bond motifs is 1. The molecule has 0 radical (unpaired) electrons. The maximum atomic E-state index is 11.4. The second kappa shape index (κ2) is 7.47. The summed E-state index contributed by atoms with van der Waals surface area (Å²) in [7, 11) is -1.45. The Morgan fingerprint density at radius 2 is 1.96 bits per heavy atom. The molecule has 0 atom stereocenters. The highest BCUT2D eigenvalue weighted by molar-refractivity contribution is 7.90. The number of methoxy groups -OCH3 is 1. The highest BCUT2D eigenvalue weighted by Gasteiger charge is 2.15. The fraction of sp³-hybridized carbons (Fsp3) is 0.294. The first-order valence-electron chi connectivity index (χ1n) is 7.72. The zero-order valence-corrected chi connectivity index (χ0v) is 15.7. The number of aromatic nitrogens is 2. The van der Waals surface area contributed by atoms with Gasteiger partial charge < -0.3 is 10.1 Å². The maximum Gasteiger partial charge on any atom is 0.158 e. The topological polar surface area (TPSA) is 81.2 Å². The lowest BCUT2D eigenvalue weighted by atomic mass is 10.1. The molecule has 6 nitrogen and oxygen atoms in total. The van der Waals surface area contributed by atoms with Crippen LogP contribution in [-0.2, 0) is 21.2 Å². The summed E-state index contributed by atoms with van der Waals surface area (Å²) in [6.07, 6.45) is 1.22. The lowest BCUT2D eigenvalue weighted by Gasteiger charge is -2.10. The predicted molar refractivity (Wildman–Crippen MR) is 102 cm³/mol. The number of anilines is 1. The summed E-state index contributed by atoms with van der Waals surface area (Å²) < 4.78 is 27.9. The minimum Gasteiger partial charge on any atom is -0.377 e. The highest BCUT2D eigenvalue weighted by Crippen LogP contribution is 2.36. The third kappa shape index (κ3) is 4.33. The second-order valence-corrected chi connectivity index (χ2v) is 8.79. The number of ether oxygens (including phenoxy) is 1. The molecule has 0 aliphatic carbocycles. The Morgan fingerprint density at radius 1 is 1.20 bits per heavy atom. The van der Waals surface area contributed by atoms with E-state index in [1.807, 2.05) is 35.7 Å². The van der Waals surface area contributed by atoms with Crippen molar-refractivity contribution in [1.29, 1.82) is 0 Å². The number of hydrogen-bond acceptors (Lipinski definition) is 7. The van der Waals surface area contributed by atoms with Gasteiger partial charge in [0, 0.05) is 30.9 Å². The monoisotopic (exact) mass is 377 g/mol. The minimum atomic E-state index is -3.04. The molecule has 0 amide bonds. The van der Waals surface area contributed by atoms with Gasteiger partial charge in [-0.3, -0.25) is 0 Å². The Kier molecular flexibility index (Phi) is 5.31. The van der Waals surface area contributed by atoms with Gasteiger partial charge in [0.1, 0.15) is 27.1 Å². The number of thiophene rings is 1. The van der Waals surface area contributed by atoms with Crippen LogP contribution in [0.15, 0.2) is 35.7 Å². The van der Waals surface area contributed by atoms with E-state index in [1.165, 1.54) is 17.6 Å². The summed E-state index contributed by atoms with van der Waals surface area (Å²) in [5.41, 5.74) is 2.11. The van der Waals surface area contributed by atoms with E-state index in [9.17, 15) is 8.42 Å². The van der Waals surface area contributed by atoms with Gasteiger partial charge in [0.15, 0.2) is 5.82 Å². The molecule has 1 N–H and O–H groups in total. The van der Waals surface area contributed by atoms with E-state index in [1.54, 1.807) is 7.11 Å². The molecule has 2 heterocycles. The predicted octanol–water partition coefficient (Wildman–Crippen LogP) is 2.96. The van der Waals surface area contributed by atoms with E-state index in [4.69, 9.17) is 4.74 Å². The second-order valence-electron chi connectivity index (χ2n) is 5.67. The Labute approximate surface area is 150 Å². The smallest absolute Gasteiger partial charge is 0.158 e. The van der Waals surface area contributed by atoms with E-state index in [0.29, 0.717) is 24.8 Å². The normalized spacial score (nSPS) is 11.8. The molecular weight excluding hydrogens is 358 g/mol. The van der Waals surface area contributed by atoms with Gasteiger partial charge in [-0.15, -0.1) is 11.3 Å². The number of hydrogen-bond donors (Lipinski definition) is 1. The van der Waals surface area contributed by atoms with E-state index < -0.39 is 9.84 Å². The summed E-state index contributed by atoms with van der Waals surface area (Å²) in [5.74, 6) is 1.25. The molecule has 3 rings (SSSR count). The van der Waals surface area contributed by atoms with Crippen LogP contribution in [0.5, 0.6) is 0 Å². The van der Waals surface area contributed by atoms with Crippen LogP contribution in [0.3, 0.4) is 0 Å². The molecule has 1 aromatic carbocycles. The fourth-order valence-corrected chi connectivity index (χ4v) is 3.93. The van der Waals surface area contributed by atoms with Crippen molar-refractivity contribution >= 4 is 37.2 Å². The van der Waals surface area contributed by atoms with Crippen molar-refractivity contribution in [2.75, 3.05) is 31.0 Å². The van der Waals surface area contributed by atoms with Gasteiger partial charge in [-0.25, -0.2) is 18.4 Å². The summed E-state index contributed by atoms with van der Waals surface area (Å²) >= 11 is 1.54. The van der Waals surface area contributed by atoms with Crippen LogP contribution in [-0.4, -0.2) is 44.0 Å². The standard InChI is InChI=1S/C17H19N3O3S2/c1-23-10-14-19-16(18-8-9-25(2,21)22)15-13(11-24-17(15)20-14)12-6-4-3-5-7-12/h3-7,11H,8-10H2,1-2H3,(H,18,19,20). The SMILES string of the molecule is COCc1nc(NCCS(C)(=O)=O)c2c(-c3ccccc3)csc2n1. The molecule has 0 aliphatic rings. The molecule has 0 fully saturated rings. The molecule has 25 heavy (non-hydrogen) atoms. The van der Waals surface area contributed by atoms with Crippen LogP contribution < -0.4 is 5.32 Å². The summed E-state index contributed by atoms with van der Waals surface area (Å²) in [4.78, 5) is 9.94. The third-order valence-corrected chi connectivity index (χ3v) is 5.42. The zero-order chi connectivity index (χ0) is 17.9. The van der Waals surface area contributed by atoms with Crippen molar-refractivity contribution in [2.45, 2.75) is 6.61 Å². The van der Waals surface area contributed by atoms with Crippen molar-refractivity contribution in [3.05, 3.63) is 41.5 Å². The molecule has 3 aromatic rings. The molecule has 0 aliphatic heterocycles. The molecule has 0 saturated carbocycles. The van der Waals surface area contributed by atoms with Gasteiger partial charge >= 0.3 is 0 Å². The van der Waals surface area contributed by atoms with Crippen LogP contribution >= 0.6 is 11.3 Å². The Bertz CT molecular complexity index is 969. The van der Waals surface area contributed by atoms with Crippen molar-refractivity contribution in [2.24, 2.45) is 0 Å². The van der Waals surface area contributed by atoms with Gasteiger partial charge in [-0.1, -0.05) is 30.3 Å². The Balaban J connectivity index is 2.05. The molecule has 0 spiro atoms. The Morgan fingerprint density at radius 3 is 2.64 bits per heavy atom. The molecule has 0 unspecified atom stereocenters. The van der Waals surface area contributed by atoms with Crippen molar-refractivity contribution in [3.8, 4) is 11.1 Å². The number of sulfone groups is 1. The van der Waals surface area contributed by atoms with Crippen molar-refractivity contribution in [3.63, 3.8) is 0 Å². The number of rotatable bonds is 7. The molecule has 132 valence electrons. The average Bonchev–Trinajstić information content (AvgIpc) is 2.99. The van der Waals surface area contributed by atoms with E-state index >= 15 is 0 Å². The zero-order valence-electron chi connectivity index (χ0n) is 14.0. The largest absolute Gasteiger partial charge is 0.377 e. The molecule has 0 saturated heterocycles. The van der Waals surface area contributed by atoms with E-state index in [0.717, 1.165) is 21.3 Å². The van der Waals surface area contributed by atoms with Crippen LogP contribution in [0.1, 0.15) is 5.82 Å². The lowest BCUT2D eigenvalue weighted by Crippen LogP contribution is -2.15.